The normalized spacial score (nSPS) is 11.6. The molecule has 0 spiro atoms. The van der Waals surface area contributed by atoms with Crippen molar-refractivity contribution in [2.24, 2.45) is 0 Å². The van der Waals surface area contributed by atoms with Crippen LogP contribution in [0.25, 0.3) is 0 Å². The molecule has 0 saturated heterocycles. The van der Waals surface area contributed by atoms with E-state index in [4.69, 9.17) is 13.3 Å². The third-order valence-corrected chi connectivity index (χ3v) is 5.61. The highest BCUT2D eigenvalue weighted by atomic mass is 28.4. The van der Waals surface area contributed by atoms with Crippen LogP contribution in [0.5, 0.6) is 0 Å². The molecule has 0 saturated carbocycles. The second kappa shape index (κ2) is 12.3. The first-order chi connectivity index (χ1) is 9.64. The van der Waals surface area contributed by atoms with E-state index in [1.54, 1.807) is 0 Å². The Morgan fingerprint density at radius 3 is 1.80 bits per heavy atom. The minimum atomic E-state index is -2.62. The molecule has 0 aliphatic carbocycles. The Hall–Kier alpha value is -0.493. The van der Waals surface area contributed by atoms with E-state index in [0.717, 1.165) is 25.7 Å². The maximum absolute atomic E-state index is 11.3. The molecule has 20 heavy (non-hydrogen) atoms. The summed E-state index contributed by atoms with van der Waals surface area (Å²) in [6.07, 6.45) is 5.39. The molecule has 0 rings (SSSR count). The minimum absolute atomic E-state index is 0.0642. The summed E-state index contributed by atoms with van der Waals surface area (Å²) < 4.78 is 17.9. The molecule has 0 radical (unpaired) electrons. The van der Waals surface area contributed by atoms with E-state index >= 15 is 0 Å². The van der Waals surface area contributed by atoms with Crippen LogP contribution in [0.2, 0.25) is 6.04 Å². The molecule has 0 fully saturated rings. The second-order valence-electron chi connectivity index (χ2n) is 4.75. The molecule has 0 unspecified atom stereocenters. The summed E-state index contributed by atoms with van der Waals surface area (Å²) in [5.41, 5.74) is 0. The first-order valence-electron chi connectivity index (χ1n) is 7.71. The summed E-state index contributed by atoms with van der Waals surface area (Å²) in [7, 11) is -2.62. The Kier molecular flexibility index (Phi) is 12.0. The Bertz CT molecular complexity index is 247. The Balaban J connectivity index is 4.56. The molecule has 0 N–H and O–H groups in total. The predicted molar refractivity (Wildman–Crippen MR) is 83.7 cm³/mol. The van der Waals surface area contributed by atoms with Gasteiger partial charge in [-0.2, -0.15) is 0 Å². The summed E-state index contributed by atoms with van der Waals surface area (Å²) in [4.78, 5) is 11.3. The van der Waals surface area contributed by atoms with E-state index in [9.17, 15) is 4.79 Å². The fraction of sp³-hybridized carbons (Fsp3) is 0.800. The third kappa shape index (κ3) is 8.63. The topological polar surface area (TPSA) is 44.8 Å². The lowest BCUT2D eigenvalue weighted by atomic mass is 10.2. The predicted octanol–water partition coefficient (Wildman–Crippen LogP) is 3.74. The van der Waals surface area contributed by atoms with Crippen LogP contribution in [0.1, 0.15) is 52.9 Å². The SMILES string of the molecule is C=CC(=O)CCC[Si](OCCC)(OCCC)OCCC. The standard InChI is InChI=1S/C15H30O4Si/c1-5-11-17-20(18-12-6-2,19-13-7-3)14-9-10-15(16)8-4/h8H,4-7,9-14H2,1-3H3. The smallest absolute Gasteiger partial charge is 0.373 e. The van der Waals surface area contributed by atoms with Crippen molar-refractivity contribution in [2.75, 3.05) is 19.8 Å². The van der Waals surface area contributed by atoms with E-state index < -0.39 is 8.80 Å². The van der Waals surface area contributed by atoms with Gasteiger partial charge in [-0.15, -0.1) is 0 Å². The summed E-state index contributed by atoms with van der Waals surface area (Å²) in [5.74, 6) is 0.0642. The van der Waals surface area contributed by atoms with Crippen molar-refractivity contribution in [3.8, 4) is 0 Å². The quantitative estimate of drug-likeness (QED) is 0.362. The molecule has 0 aromatic rings. The molecule has 0 amide bonds. The summed E-state index contributed by atoms with van der Waals surface area (Å²) in [5, 5.41) is 0. The molecule has 0 aliphatic heterocycles. The molecule has 5 heteroatoms. The second-order valence-corrected chi connectivity index (χ2v) is 7.48. The highest BCUT2D eigenvalue weighted by molar-refractivity contribution is 6.60. The third-order valence-electron chi connectivity index (χ3n) is 2.71. The molecular weight excluding hydrogens is 272 g/mol. The molecule has 0 aromatic heterocycles. The first kappa shape index (κ1) is 19.5. The van der Waals surface area contributed by atoms with Gasteiger partial charge in [0, 0.05) is 32.3 Å². The Morgan fingerprint density at radius 1 is 1.00 bits per heavy atom. The van der Waals surface area contributed by atoms with Gasteiger partial charge in [0.25, 0.3) is 0 Å². The molecule has 0 aromatic carbocycles. The number of rotatable bonds is 14. The molecular formula is C15H30O4Si. The lowest BCUT2D eigenvalue weighted by molar-refractivity contribution is -0.114. The van der Waals surface area contributed by atoms with Gasteiger partial charge in [0.15, 0.2) is 5.78 Å². The number of ketones is 1. The van der Waals surface area contributed by atoms with Gasteiger partial charge in [0.2, 0.25) is 0 Å². The van der Waals surface area contributed by atoms with Crippen LogP contribution in [0.15, 0.2) is 12.7 Å². The average Bonchev–Trinajstić information content (AvgIpc) is 2.48. The molecule has 118 valence electrons. The van der Waals surface area contributed by atoms with Crippen LogP contribution >= 0.6 is 0 Å². The number of carbonyl (C=O) groups excluding carboxylic acids is 1. The average molecular weight is 302 g/mol. The highest BCUT2D eigenvalue weighted by Crippen LogP contribution is 2.20. The van der Waals surface area contributed by atoms with Crippen LogP contribution in [-0.4, -0.2) is 34.4 Å². The van der Waals surface area contributed by atoms with Crippen molar-refractivity contribution >= 4 is 14.6 Å². The van der Waals surface area contributed by atoms with Gasteiger partial charge in [0.1, 0.15) is 0 Å². The zero-order valence-corrected chi connectivity index (χ0v) is 14.3. The minimum Gasteiger partial charge on any atom is -0.373 e. The number of carbonyl (C=O) groups is 1. The van der Waals surface area contributed by atoms with Crippen molar-refractivity contribution in [3.63, 3.8) is 0 Å². The molecule has 0 heterocycles. The molecule has 0 atom stereocenters. The number of hydrogen-bond donors (Lipinski definition) is 0. The monoisotopic (exact) mass is 302 g/mol. The maximum Gasteiger partial charge on any atom is 0.500 e. The van der Waals surface area contributed by atoms with E-state index in [-0.39, 0.29) is 5.78 Å². The molecule has 0 aliphatic rings. The lowest BCUT2D eigenvalue weighted by Gasteiger charge is -2.29. The zero-order valence-electron chi connectivity index (χ0n) is 13.3. The van der Waals surface area contributed by atoms with E-state index in [2.05, 4.69) is 27.4 Å². The fourth-order valence-corrected chi connectivity index (χ4v) is 4.53. The van der Waals surface area contributed by atoms with Crippen LogP contribution in [-0.2, 0) is 18.1 Å². The Morgan fingerprint density at radius 2 is 1.45 bits per heavy atom. The van der Waals surface area contributed by atoms with Gasteiger partial charge in [-0.25, -0.2) is 0 Å². The summed E-state index contributed by atoms with van der Waals surface area (Å²) in [6, 6.07) is 0.701. The van der Waals surface area contributed by atoms with Crippen LogP contribution in [0, 0.1) is 0 Å². The number of hydrogen-bond acceptors (Lipinski definition) is 4. The van der Waals surface area contributed by atoms with E-state index in [1.807, 2.05) is 0 Å². The summed E-state index contributed by atoms with van der Waals surface area (Å²) >= 11 is 0. The van der Waals surface area contributed by atoms with E-state index in [0.29, 0.717) is 32.3 Å². The van der Waals surface area contributed by atoms with Gasteiger partial charge in [0.05, 0.1) is 0 Å². The lowest BCUT2D eigenvalue weighted by Crippen LogP contribution is -2.46. The van der Waals surface area contributed by atoms with Crippen molar-refractivity contribution in [1.29, 1.82) is 0 Å². The first-order valence-corrected chi connectivity index (χ1v) is 9.64. The largest absolute Gasteiger partial charge is 0.500 e. The van der Waals surface area contributed by atoms with Gasteiger partial charge in [-0.1, -0.05) is 27.4 Å². The highest BCUT2D eigenvalue weighted by Gasteiger charge is 2.40. The van der Waals surface area contributed by atoms with Crippen molar-refractivity contribution in [1.82, 2.24) is 0 Å². The van der Waals surface area contributed by atoms with Crippen molar-refractivity contribution in [2.45, 2.75) is 58.9 Å². The Labute approximate surface area is 124 Å². The summed E-state index contributed by atoms with van der Waals surface area (Å²) in [6.45, 7) is 11.6. The van der Waals surface area contributed by atoms with Crippen LogP contribution in [0.4, 0.5) is 0 Å². The molecule has 4 nitrogen and oxygen atoms in total. The maximum atomic E-state index is 11.3. The van der Waals surface area contributed by atoms with Gasteiger partial charge < -0.3 is 13.3 Å². The van der Waals surface area contributed by atoms with Crippen molar-refractivity contribution < 1.29 is 18.1 Å². The zero-order chi connectivity index (χ0) is 15.3. The molecule has 0 bridgehead atoms. The van der Waals surface area contributed by atoms with Crippen LogP contribution < -0.4 is 0 Å². The number of allylic oxidation sites excluding steroid dienone is 1. The van der Waals surface area contributed by atoms with Crippen molar-refractivity contribution in [3.05, 3.63) is 12.7 Å². The van der Waals surface area contributed by atoms with Crippen LogP contribution in [0.3, 0.4) is 0 Å². The van der Waals surface area contributed by atoms with Gasteiger partial charge in [-0.05, 0) is 31.8 Å². The van der Waals surface area contributed by atoms with E-state index in [1.165, 1.54) is 6.08 Å². The fourth-order valence-electron chi connectivity index (χ4n) is 1.70. The van der Waals surface area contributed by atoms with Gasteiger partial charge in [-0.3, -0.25) is 4.79 Å². The van der Waals surface area contributed by atoms with Gasteiger partial charge >= 0.3 is 8.80 Å².